The Morgan fingerprint density at radius 3 is 2.68 bits per heavy atom. The number of rotatable bonds is 5. The predicted octanol–water partition coefficient (Wildman–Crippen LogP) is 2.13. The molecule has 19 heavy (non-hydrogen) atoms. The first kappa shape index (κ1) is 13.3. The van der Waals surface area contributed by atoms with E-state index in [1.807, 2.05) is 55.2 Å². The first-order valence-electron chi connectivity index (χ1n) is 6.35. The van der Waals surface area contributed by atoms with Gasteiger partial charge >= 0.3 is 0 Å². The largest absolute Gasteiger partial charge is 0.311 e. The Labute approximate surface area is 113 Å². The van der Waals surface area contributed by atoms with Crippen LogP contribution in [0.5, 0.6) is 0 Å². The van der Waals surface area contributed by atoms with Crippen LogP contribution in [0.25, 0.3) is 0 Å². The van der Waals surface area contributed by atoms with E-state index in [0.717, 1.165) is 17.8 Å². The van der Waals surface area contributed by atoms with E-state index in [-0.39, 0.29) is 5.92 Å². The molecule has 1 heterocycles. The maximum atomic E-state index is 9.23. The summed E-state index contributed by atoms with van der Waals surface area (Å²) in [4.78, 5) is 0. The van der Waals surface area contributed by atoms with Crippen LogP contribution in [-0.4, -0.2) is 16.3 Å². The van der Waals surface area contributed by atoms with Gasteiger partial charge in [-0.3, -0.25) is 4.68 Å². The van der Waals surface area contributed by atoms with Crippen molar-refractivity contribution in [3.63, 3.8) is 0 Å². The molecule has 0 amide bonds. The second-order valence-corrected chi connectivity index (χ2v) is 4.64. The van der Waals surface area contributed by atoms with Crippen LogP contribution in [0.15, 0.2) is 36.5 Å². The molecule has 0 radical (unpaired) electrons. The second-order valence-electron chi connectivity index (χ2n) is 4.64. The highest BCUT2D eigenvalue weighted by Crippen LogP contribution is 2.13. The predicted molar refractivity (Wildman–Crippen MR) is 74.4 cm³/mol. The highest BCUT2D eigenvalue weighted by atomic mass is 15.2. The molecule has 0 aliphatic rings. The Balaban J connectivity index is 1.91. The molecule has 98 valence electrons. The van der Waals surface area contributed by atoms with Crippen molar-refractivity contribution in [2.45, 2.75) is 19.4 Å². The van der Waals surface area contributed by atoms with Crippen LogP contribution in [0.1, 0.15) is 22.7 Å². The smallest absolute Gasteiger partial charge is 0.0837 e. The molecule has 0 saturated carbocycles. The fourth-order valence-corrected chi connectivity index (χ4v) is 2.10. The van der Waals surface area contributed by atoms with E-state index < -0.39 is 0 Å². The number of nitriles is 1. The lowest BCUT2D eigenvalue weighted by molar-refractivity contribution is 0.650. The second kappa shape index (κ2) is 6.17. The molecule has 1 atom stereocenters. The molecule has 0 spiro atoms. The summed E-state index contributed by atoms with van der Waals surface area (Å²) in [7, 11) is 1.92. The molecule has 0 fully saturated rings. The number of aromatic nitrogens is 2. The summed E-state index contributed by atoms with van der Waals surface area (Å²) in [6, 6.07) is 12.2. The first-order chi connectivity index (χ1) is 9.20. The fourth-order valence-electron chi connectivity index (χ4n) is 2.10. The zero-order valence-electron chi connectivity index (χ0n) is 11.3. The van der Waals surface area contributed by atoms with Gasteiger partial charge in [0, 0.05) is 31.9 Å². The standard InChI is InChI=1S/C15H18N4/c1-12-15(11-19(2)18-12)10-17-9-14(8-16)13-6-4-3-5-7-13/h3-7,11,14,17H,9-10H2,1-2H3. The van der Waals surface area contributed by atoms with E-state index >= 15 is 0 Å². The van der Waals surface area contributed by atoms with E-state index in [4.69, 9.17) is 0 Å². The number of hydrogen-bond donors (Lipinski definition) is 1. The third-order valence-electron chi connectivity index (χ3n) is 3.14. The summed E-state index contributed by atoms with van der Waals surface area (Å²) >= 11 is 0. The lowest BCUT2D eigenvalue weighted by atomic mass is 10.0. The summed E-state index contributed by atoms with van der Waals surface area (Å²) in [5.41, 5.74) is 3.26. The molecule has 2 rings (SSSR count). The summed E-state index contributed by atoms with van der Waals surface area (Å²) < 4.78 is 1.81. The molecule has 1 unspecified atom stereocenters. The maximum absolute atomic E-state index is 9.23. The number of nitrogens with one attached hydrogen (secondary N) is 1. The normalized spacial score (nSPS) is 12.1. The molecule has 1 aromatic carbocycles. The van der Waals surface area contributed by atoms with E-state index in [1.165, 1.54) is 5.56 Å². The zero-order valence-corrected chi connectivity index (χ0v) is 11.3. The first-order valence-corrected chi connectivity index (χ1v) is 6.35. The van der Waals surface area contributed by atoms with Crippen LogP contribution in [-0.2, 0) is 13.6 Å². The van der Waals surface area contributed by atoms with Gasteiger partial charge in [-0.1, -0.05) is 30.3 Å². The fraction of sp³-hybridized carbons (Fsp3) is 0.333. The monoisotopic (exact) mass is 254 g/mol. The van der Waals surface area contributed by atoms with Crippen molar-refractivity contribution in [2.75, 3.05) is 6.54 Å². The van der Waals surface area contributed by atoms with Crippen LogP contribution in [0.2, 0.25) is 0 Å². The number of aryl methyl sites for hydroxylation is 2. The zero-order chi connectivity index (χ0) is 13.7. The Morgan fingerprint density at radius 2 is 2.11 bits per heavy atom. The number of nitrogens with zero attached hydrogens (tertiary/aromatic N) is 3. The van der Waals surface area contributed by atoms with Crippen molar-refractivity contribution >= 4 is 0 Å². The third-order valence-corrected chi connectivity index (χ3v) is 3.14. The molecule has 0 aliphatic heterocycles. The minimum atomic E-state index is -0.113. The Bertz CT molecular complexity index is 566. The van der Waals surface area contributed by atoms with Gasteiger partial charge in [0.2, 0.25) is 0 Å². The Morgan fingerprint density at radius 1 is 1.37 bits per heavy atom. The van der Waals surface area contributed by atoms with E-state index in [1.54, 1.807) is 0 Å². The van der Waals surface area contributed by atoms with Gasteiger partial charge in [-0.25, -0.2) is 0 Å². The molecular formula is C15H18N4. The Kier molecular flexibility index (Phi) is 4.32. The van der Waals surface area contributed by atoms with E-state index in [2.05, 4.69) is 16.5 Å². The summed E-state index contributed by atoms with van der Waals surface area (Å²) in [6.45, 7) is 3.38. The van der Waals surface area contributed by atoms with E-state index in [9.17, 15) is 5.26 Å². The highest BCUT2D eigenvalue weighted by molar-refractivity contribution is 5.25. The van der Waals surface area contributed by atoms with Crippen LogP contribution >= 0.6 is 0 Å². The van der Waals surface area contributed by atoms with Crippen molar-refractivity contribution in [1.82, 2.24) is 15.1 Å². The molecule has 4 heteroatoms. The maximum Gasteiger partial charge on any atom is 0.0837 e. The molecule has 0 saturated heterocycles. The van der Waals surface area contributed by atoms with Crippen molar-refractivity contribution in [1.29, 1.82) is 5.26 Å². The molecule has 0 aliphatic carbocycles. The van der Waals surface area contributed by atoms with Crippen molar-refractivity contribution in [3.05, 3.63) is 53.3 Å². The summed E-state index contributed by atoms with van der Waals surface area (Å²) in [6.07, 6.45) is 2.01. The molecule has 2 aromatic rings. The lowest BCUT2D eigenvalue weighted by Crippen LogP contribution is -2.20. The average Bonchev–Trinajstić information content (AvgIpc) is 2.74. The van der Waals surface area contributed by atoms with Gasteiger partial charge in [-0.05, 0) is 12.5 Å². The lowest BCUT2D eigenvalue weighted by Gasteiger charge is -2.10. The van der Waals surface area contributed by atoms with Crippen LogP contribution in [0.3, 0.4) is 0 Å². The van der Waals surface area contributed by atoms with Gasteiger partial charge in [0.15, 0.2) is 0 Å². The summed E-state index contributed by atoms with van der Waals surface area (Å²) in [5, 5.41) is 16.9. The van der Waals surface area contributed by atoms with E-state index in [0.29, 0.717) is 6.54 Å². The van der Waals surface area contributed by atoms with Crippen molar-refractivity contribution < 1.29 is 0 Å². The van der Waals surface area contributed by atoms with Crippen LogP contribution in [0, 0.1) is 18.3 Å². The molecule has 4 nitrogen and oxygen atoms in total. The van der Waals surface area contributed by atoms with Gasteiger partial charge < -0.3 is 5.32 Å². The summed E-state index contributed by atoms with van der Waals surface area (Å²) in [5.74, 6) is -0.113. The molecule has 0 bridgehead atoms. The van der Waals surface area contributed by atoms with Crippen LogP contribution in [0.4, 0.5) is 0 Å². The minimum absolute atomic E-state index is 0.113. The number of benzene rings is 1. The topological polar surface area (TPSA) is 53.6 Å². The Hall–Kier alpha value is -2.12. The van der Waals surface area contributed by atoms with Gasteiger partial charge in [0.1, 0.15) is 0 Å². The highest BCUT2D eigenvalue weighted by Gasteiger charge is 2.10. The molecule has 1 N–H and O–H groups in total. The third kappa shape index (κ3) is 3.43. The molecule has 1 aromatic heterocycles. The number of hydrogen-bond acceptors (Lipinski definition) is 3. The van der Waals surface area contributed by atoms with Gasteiger partial charge in [0.25, 0.3) is 0 Å². The average molecular weight is 254 g/mol. The minimum Gasteiger partial charge on any atom is -0.311 e. The SMILES string of the molecule is Cc1nn(C)cc1CNCC(C#N)c1ccccc1. The van der Waals surface area contributed by atoms with Gasteiger partial charge in [-0.2, -0.15) is 10.4 Å². The van der Waals surface area contributed by atoms with Crippen LogP contribution < -0.4 is 5.32 Å². The quantitative estimate of drug-likeness (QED) is 0.889. The van der Waals surface area contributed by atoms with Gasteiger partial charge in [0.05, 0.1) is 17.7 Å². The van der Waals surface area contributed by atoms with Crippen molar-refractivity contribution in [3.8, 4) is 6.07 Å². The van der Waals surface area contributed by atoms with Gasteiger partial charge in [-0.15, -0.1) is 0 Å². The molecular weight excluding hydrogens is 236 g/mol. The van der Waals surface area contributed by atoms with Crippen molar-refractivity contribution in [2.24, 2.45) is 7.05 Å².